The van der Waals surface area contributed by atoms with E-state index in [0.717, 1.165) is 50.6 Å². The first-order valence-corrected chi connectivity index (χ1v) is 6.67. The SMILES string of the molecule is O=C(C1CC2CC2C1)N1CCCC(CO)C1. The number of amides is 1. The van der Waals surface area contributed by atoms with Crippen molar-refractivity contribution < 1.29 is 9.90 Å². The highest BCUT2D eigenvalue weighted by atomic mass is 16.3. The first-order valence-electron chi connectivity index (χ1n) is 6.67. The third kappa shape index (κ3) is 1.86. The summed E-state index contributed by atoms with van der Waals surface area (Å²) in [7, 11) is 0. The van der Waals surface area contributed by atoms with Crippen molar-refractivity contribution in [2.75, 3.05) is 19.7 Å². The van der Waals surface area contributed by atoms with Crippen LogP contribution in [0.1, 0.15) is 32.1 Å². The normalized spacial score (nSPS) is 41.9. The predicted molar refractivity (Wildman–Crippen MR) is 60.7 cm³/mol. The zero-order chi connectivity index (χ0) is 11.1. The van der Waals surface area contributed by atoms with Crippen LogP contribution in [0.4, 0.5) is 0 Å². The number of carbonyl (C=O) groups excluding carboxylic acids is 1. The third-order valence-corrected chi connectivity index (χ3v) is 4.68. The van der Waals surface area contributed by atoms with Gasteiger partial charge in [-0.1, -0.05) is 0 Å². The number of fused-ring (bicyclic) bond motifs is 1. The van der Waals surface area contributed by atoms with Gasteiger partial charge in [0.05, 0.1) is 0 Å². The van der Waals surface area contributed by atoms with E-state index < -0.39 is 0 Å². The third-order valence-electron chi connectivity index (χ3n) is 4.68. The highest BCUT2D eigenvalue weighted by Gasteiger charge is 2.48. The number of rotatable bonds is 2. The van der Waals surface area contributed by atoms with Gasteiger partial charge in [-0.05, 0) is 49.9 Å². The van der Waals surface area contributed by atoms with E-state index in [0.29, 0.717) is 17.7 Å². The van der Waals surface area contributed by atoms with Crippen LogP contribution in [0.25, 0.3) is 0 Å². The number of carbonyl (C=O) groups is 1. The molecule has 3 nitrogen and oxygen atoms in total. The lowest BCUT2D eigenvalue weighted by molar-refractivity contribution is -0.137. The molecule has 2 aliphatic carbocycles. The second-order valence-corrected chi connectivity index (χ2v) is 5.90. The van der Waals surface area contributed by atoms with Gasteiger partial charge in [0.2, 0.25) is 5.91 Å². The van der Waals surface area contributed by atoms with E-state index >= 15 is 0 Å². The minimum Gasteiger partial charge on any atom is -0.396 e. The molecule has 3 atom stereocenters. The number of likely N-dealkylation sites (tertiary alicyclic amines) is 1. The van der Waals surface area contributed by atoms with Crippen molar-refractivity contribution in [1.29, 1.82) is 0 Å². The zero-order valence-electron chi connectivity index (χ0n) is 9.77. The van der Waals surface area contributed by atoms with Crippen LogP contribution in [0, 0.1) is 23.7 Å². The molecule has 0 spiro atoms. The fraction of sp³-hybridized carbons (Fsp3) is 0.923. The second kappa shape index (κ2) is 4.02. The summed E-state index contributed by atoms with van der Waals surface area (Å²) in [4.78, 5) is 14.3. The molecule has 3 heteroatoms. The molecule has 3 unspecified atom stereocenters. The highest BCUT2D eigenvalue weighted by Crippen LogP contribution is 2.54. The fourth-order valence-corrected chi connectivity index (χ4v) is 3.59. The molecule has 2 saturated carbocycles. The summed E-state index contributed by atoms with van der Waals surface area (Å²) in [5.74, 6) is 2.79. The monoisotopic (exact) mass is 223 g/mol. The number of aliphatic hydroxyl groups is 1. The first-order chi connectivity index (χ1) is 7.78. The zero-order valence-corrected chi connectivity index (χ0v) is 9.77. The highest BCUT2D eigenvalue weighted by molar-refractivity contribution is 5.79. The molecule has 0 bridgehead atoms. The summed E-state index contributed by atoms with van der Waals surface area (Å²) < 4.78 is 0. The van der Waals surface area contributed by atoms with E-state index in [1.54, 1.807) is 0 Å². The van der Waals surface area contributed by atoms with Gasteiger partial charge in [-0.15, -0.1) is 0 Å². The largest absolute Gasteiger partial charge is 0.396 e. The summed E-state index contributed by atoms with van der Waals surface area (Å²) in [5, 5.41) is 9.17. The molecule has 1 amide bonds. The van der Waals surface area contributed by atoms with E-state index in [1.165, 1.54) is 6.42 Å². The Labute approximate surface area is 96.8 Å². The number of nitrogens with zero attached hydrogens (tertiary/aromatic N) is 1. The molecule has 1 heterocycles. The molecule has 1 N–H and O–H groups in total. The van der Waals surface area contributed by atoms with Crippen molar-refractivity contribution in [3.63, 3.8) is 0 Å². The number of hydrogen-bond donors (Lipinski definition) is 1. The minimum atomic E-state index is 0.236. The van der Waals surface area contributed by atoms with E-state index in [-0.39, 0.29) is 6.61 Å². The Morgan fingerprint density at radius 2 is 2.00 bits per heavy atom. The molecule has 1 aliphatic heterocycles. The van der Waals surface area contributed by atoms with Crippen molar-refractivity contribution in [2.24, 2.45) is 23.7 Å². The van der Waals surface area contributed by atoms with Crippen molar-refractivity contribution >= 4 is 5.91 Å². The lowest BCUT2D eigenvalue weighted by Gasteiger charge is -2.33. The van der Waals surface area contributed by atoms with Crippen LogP contribution in [0.3, 0.4) is 0 Å². The molecule has 1 saturated heterocycles. The van der Waals surface area contributed by atoms with Gasteiger partial charge < -0.3 is 10.0 Å². The van der Waals surface area contributed by atoms with Crippen LogP contribution in [-0.2, 0) is 4.79 Å². The van der Waals surface area contributed by atoms with Gasteiger partial charge in [-0.3, -0.25) is 4.79 Å². The molecule has 3 rings (SSSR count). The van der Waals surface area contributed by atoms with Crippen molar-refractivity contribution in [1.82, 2.24) is 4.90 Å². The molecular formula is C13H21NO2. The number of aliphatic hydroxyl groups excluding tert-OH is 1. The average Bonchev–Trinajstić information content (AvgIpc) is 2.95. The van der Waals surface area contributed by atoms with Gasteiger partial charge in [0.1, 0.15) is 0 Å². The summed E-state index contributed by atoms with van der Waals surface area (Å²) in [6.07, 6.45) is 5.81. The maximum atomic E-state index is 12.3. The Kier molecular flexibility index (Phi) is 2.66. The molecule has 0 aromatic rings. The molecule has 0 radical (unpaired) electrons. The van der Waals surface area contributed by atoms with E-state index in [1.807, 2.05) is 4.90 Å². The predicted octanol–water partition coefficient (Wildman–Crippen LogP) is 1.26. The smallest absolute Gasteiger partial charge is 0.225 e. The second-order valence-electron chi connectivity index (χ2n) is 5.90. The van der Waals surface area contributed by atoms with E-state index in [4.69, 9.17) is 5.11 Å². The fourth-order valence-electron chi connectivity index (χ4n) is 3.59. The maximum Gasteiger partial charge on any atom is 0.225 e. The first kappa shape index (κ1) is 10.6. The summed E-state index contributed by atoms with van der Waals surface area (Å²) in [6.45, 7) is 1.95. The van der Waals surface area contributed by atoms with E-state index in [9.17, 15) is 4.79 Å². The molecule has 16 heavy (non-hydrogen) atoms. The Hall–Kier alpha value is -0.570. The van der Waals surface area contributed by atoms with Crippen LogP contribution in [0.15, 0.2) is 0 Å². The van der Waals surface area contributed by atoms with Crippen molar-refractivity contribution in [3.8, 4) is 0 Å². The lowest BCUT2D eigenvalue weighted by atomic mass is 9.95. The Balaban J connectivity index is 1.57. The Morgan fingerprint density at radius 1 is 1.25 bits per heavy atom. The van der Waals surface area contributed by atoms with Gasteiger partial charge in [-0.25, -0.2) is 0 Å². The van der Waals surface area contributed by atoms with Gasteiger partial charge in [0, 0.05) is 25.6 Å². The number of hydrogen-bond acceptors (Lipinski definition) is 2. The van der Waals surface area contributed by atoms with Gasteiger partial charge in [0.15, 0.2) is 0 Å². The number of piperidine rings is 1. The lowest BCUT2D eigenvalue weighted by Crippen LogP contribution is -2.43. The topological polar surface area (TPSA) is 40.5 Å². The summed E-state index contributed by atoms with van der Waals surface area (Å²) >= 11 is 0. The Morgan fingerprint density at radius 3 is 2.69 bits per heavy atom. The van der Waals surface area contributed by atoms with E-state index in [2.05, 4.69) is 0 Å². The van der Waals surface area contributed by atoms with Crippen LogP contribution >= 0.6 is 0 Å². The molecule has 0 aromatic carbocycles. The maximum absolute atomic E-state index is 12.3. The quantitative estimate of drug-likeness (QED) is 0.765. The van der Waals surface area contributed by atoms with Gasteiger partial charge in [0.25, 0.3) is 0 Å². The van der Waals surface area contributed by atoms with Crippen LogP contribution in [0.2, 0.25) is 0 Å². The van der Waals surface area contributed by atoms with Crippen LogP contribution in [0.5, 0.6) is 0 Å². The van der Waals surface area contributed by atoms with Crippen LogP contribution < -0.4 is 0 Å². The molecule has 90 valence electrons. The van der Waals surface area contributed by atoms with Crippen molar-refractivity contribution in [3.05, 3.63) is 0 Å². The minimum absolute atomic E-state index is 0.236. The van der Waals surface area contributed by atoms with Crippen LogP contribution in [-0.4, -0.2) is 35.6 Å². The molecular weight excluding hydrogens is 202 g/mol. The van der Waals surface area contributed by atoms with Gasteiger partial charge >= 0.3 is 0 Å². The average molecular weight is 223 g/mol. The Bertz CT molecular complexity index is 282. The molecule has 0 aromatic heterocycles. The molecule has 3 aliphatic rings. The standard InChI is InChI=1S/C13H21NO2/c15-8-9-2-1-3-14(7-9)13(16)12-5-10-4-11(10)6-12/h9-12,15H,1-8H2. The van der Waals surface area contributed by atoms with Gasteiger partial charge in [-0.2, -0.15) is 0 Å². The summed E-state index contributed by atoms with van der Waals surface area (Å²) in [6, 6.07) is 0. The molecule has 3 fully saturated rings. The van der Waals surface area contributed by atoms with Crippen molar-refractivity contribution in [2.45, 2.75) is 32.1 Å². The summed E-state index contributed by atoms with van der Waals surface area (Å²) in [5.41, 5.74) is 0.